The average molecular weight is 308 g/mol. The topological polar surface area (TPSA) is 78.4 Å². The third-order valence-corrected chi connectivity index (χ3v) is 2.63. The van der Waals surface area contributed by atoms with E-state index in [1.807, 2.05) is 22.6 Å². The summed E-state index contributed by atoms with van der Waals surface area (Å²) in [7, 11) is 1.51. The summed E-state index contributed by atoms with van der Waals surface area (Å²) in [5.74, 6) is 0.586. The molecule has 0 radical (unpaired) electrons. The van der Waals surface area contributed by atoms with Gasteiger partial charge in [-0.3, -0.25) is 10.1 Å². The summed E-state index contributed by atoms with van der Waals surface area (Å²) < 4.78 is 5.59. The molecule has 0 fully saturated rings. The number of nitrogens with zero attached hydrogens (tertiary/aromatic N) is 1. The Morgan fingerprint density at radius 2 is 2.29 bits per heavy atom. The molecule has 0 aromatic heterocycles. The fourth-order valence-electron chi connectivity index (χ4n) is 1.08. The second-order valence-corrected chi connectivity index (χ2v) is 3.74. The summed E-state index contributed by atoms with van der Waals surface area (Å²) in [6.45, 7) is 0.223. The SMILES string of the molecule is COc1cc(I)c([N+](=O)[O-])cc1CN. The number of nitrogens with two attached hydrogens (primary N) is 1. The Kier molecular flexibility index (Phi) is 3.64. The first-order chi connectivity index (χ1) is 6.60. The highest BCUT2D eigenvalue weighted by Crippen LogP contribution is 2.29. The fraction of sp³-hybridized carbons (Fsp3) is 0.250. The van der Waals surface area contributed by atoms with Crippen LogP contribution < -0.4 is 10.5 Å². The Morgan fingerprint density at radius 1 is 1.64 bits per heavy atom. The number of hydrogen-bond acceptors (Lipinski definition) is 4. The Morgan fingerprint density at radius 3 is 2.71 bits per heavy atom. The molecule has 14 heavy (non-hydrogen) atoms. The lowest BCUT2D eigenvalue weighted by molar-refractivity contribution is -0.385. The van der Waals surface area contributed by atoms with Crippen LogP contribution in [0.3, 0.4) is 0 Å². The summed E-state index contributed by atoms with van der Waals surface area (Å²) in [6, 6.07) is 3.06. The molecule has 0 atom stereocenters. The van der Waals surface area contributed by atoms with E-state index in [4.69, 9.17) is 10.5 Å². The monoisotopic (exact) mass is 308 g/mol. The van der Waals surface area contributed by atoms with E-state index >= 15 is 0 Å². The largest absolute Gasteiger partial charge is 0.496 e. The smallest absolute Gasteiger partial charge is 0.283 e. The van der Waals surface area contributed by atoms with Gasteiger partial charge in [0.05, 0.1) is 15.6 Å². The lowest BCUT2D eigenvalue weighted by Gasteiger charge is -2.06. The first-order valence-corrected chi connectivity index (χ1v) is 4.89. The molecule has 0 amide bonds. The van der Waals surface area contributed by atoms with Crippen LogP contribution in [-0.4, -0.2) is 12.0 Å². The van der Waals surface area contributed by atoms with E-state index in [0.717, 1.165) is 0 Å². The molecule has 1 aromatic rings. The molecule has 0 aliphatic carbocycles. The number of ether oxygens (including phenoxy) is 1. The van der Waals surface area contributed by atoms with Crippen molar-refractivity contribution in [3.8, 4) is 5.75 Å². The van der Waals surface area contributed by atoms with Crippen LogP contribution in [0.2, 0.25) is 0 Å². The van der Waals surface area contributed by atoms with E-state index in [1.165, 1.54) is 13.2 Å². The summed E-state index contributed by atoms with van der Waals surface area (Å²) in [5, 5.41) is 10.6. The predicted octanol–water partition coefficient (Wildman–Crippen LogP) is 1.67. The third-order valence-electron chi connectivity index (χ3n) is 1.77. The molecular formula is C8H9IN2O3. The summed E-state index contributed by atoms with van der Waals surface area (Å²) in [4.78, 5) is 10.2. The molecule has 5 nitrogen and oxygen atoms in total. The Hall–Kier alpha value is -0.890. The van der Waals surface area contributed by atoms with Gasteiger partial charge in [-0.05, 0) is 22.6 Å². The molecule has 0 saturated heterocycles. The van der Waals surface area contributed by atoms with Crippen LogP contribution >= 0.6 is 22.6 Å². The normalized spacial score (nSPS) is 9.93. The molecule has 0 spiro atoms. The van der Waals surface area contributed by atoms with Crippen LogP contribution in [0.1, 0.15) is 5.56 Å². The van der Waals surface area contributed by atoms with Crippen molar-refractivity contribution in [2.45, 2.75) is 6.54 Å². The molecule has 1 rings (SSSR count). The lowest BCUT2D eigenvalue weighted by Crippen LogP contribution is -2.02. The first kappa shape index (κ1) is 11.2. The van der Waals surface area contributed by atoms with Crippen LogP contribution in [0.15, 0.2) is 12.1 Å². The van der Waals surface area contributed by atoms with E-state index in [2.05, 4.69) is 0 Å². The number of benzene rings is 1. The molecule has 6 heteroatoms. The minimum atomic E-state index is -0.430. The molecule has 0 unspecified atom stereocenters. The minimum absolute atomic E-state index is 0.0619. The van der Waals surface area contributed by atoms with Gasteiger partial charge in [0.1, 0.15) is 5.75 Å². The fourth-order valence-corrected chi connectivity index (χ4v) is 1.71. The van der Waals surface area contributed by atoms with Crippen molar-refractivity contribution in [3.05, 3.63) is 31.4 Å². The molecule has 0 aliphatic heterocycles. The molecule has 0 saturated carbocycles. The highest BCUT2D eigenvalue weighted by molar-refractivity contribution is 14.1. The number of hydrogen-bond donors (Lipinski definition) is 1. The molecule has 0 aliphatic rings. The first-order valence-electron chi connectivity index (χ1n) is 3.81. The zero-order valence-electron chi connectivity index (χ0n) is 7.49. The summed E-state index contributed by atoms with van der Waals surface area (Å²) in [5.41, 5.74) is 6.14. The quantitative estimate of drug-likeness (QED) is 0.523. The van der Waals surface area contributed by atoms with E-state index in [9.17, 15) is 10.1 Å². The second-order valence-electron chi connectivity index (χ2n) is 2.58. The predicted molar refractivity (Wildman–Crippen MR) is 60.3 cm³/mol. The van der Waals surface area contributed by atoms with Crippen molar-refractivity contribution < 1.29 is 9.66 Å². The van der Waals surface area contributed by atoms with Gasteiger partial charge in [-0.25, -0.2) is 0 Å². The van der Waals surface area contributed by atoms with Gasteiger partial charge in [-0.1, -0.05) is 0 Å². The number of halogens is 1. The van der Waals surface area contributed by atoms with Gasteiger partial charge in [0.25, 0.3) is 5.69 Å². The maximum Gasteiger partial charge on any atom is 0.283 e. The average Bonchev–Trinajstić information content (AvgIpc) is 2.16. The number of methoxy groups -OCH3 is 1. The minimum Gasteiger partial charge on any atom is -0.496 e. The number of nitro groups is 1. The van der Waals surface area contributed by atoms with Crippen LogP contribution in [0.25, 0.3) is 0 Å². The van der Waals surface area contributed by atoms with Crippen molar-refractivity contribution in [1.29, 1.82) is 0 Å². The molecule has 0 bridgehead atoms. The van der Waals surface area contributed by atoms with Gasteiger partial charge in [-0.2, -0.15) is 0 Å². The van der Waals surface area contributed by atoms with Crippen molar-refractivity contribution in [1.82, 2.24) is 0 Å². The summed E-state index contributed by atoms with van der Waals surface area (Å²) >= 11 is 1.90. The Balaban J connectivity index is 3.30. The van der Waals surface area contributed by atoms with E-state index in [1.54, 1.807) is 6.07 Å². The van der Waals surface area contributed by atoms with Gasteiger partial charge < -0.3 is 10.5 Å². The molecule has 2 N–H and O–H groups in total. The van der Waals surface area contributed by atoms with Crippen molar-refractivity contribution in [2.75, 3.05) is 7.11 Å². The van der Waals surface area contributed by atoms with Crippen LogP contribution in [0.5, 0.6) is 5.75 Å². The van der Waals surface area contributed by atoms with Crippen LogP contribution in [0.4, 0.5) is 5.69 Å². The van der Waals surface area contributed by atoms with Gasteiger partial charge in [-0.15, -0.1) is 0 Å². The standard InChI is InChI=1S/C8H9IN2O3/c1-14-8-3-6(9)7(11(12)13)2-5(8)4-10/h2-3H,4,10H2,1H3. The maximum absolute atomic E-state index is 10.6. The van der Waals surface area contributed by atoms with E-state index < -0.39 is 4.92 Å². The van der Waals surface area contributed by atoms with Gasteiger partial charge in [0.15, 0.2) is 0 Å². The highest BCUT2D eigenvalue weighted by Gasteiger charge is 2.15. The highest BCUT2D eigenvalue weighted by atomic mass is 127. The molecule has 1 aromatic carbocycles. The molecule has 76 valence electrons. The van der Waals surface area contributed by atoms with Crippen molar-refractivity contribution >= 4 is 28.3 Å². The van der Waals surface area contributed by atoms with Crippen molar-refractivity contribution in [2.24, 2.45) is 5.73 Å². The number of rotatable bonds is 3. The van der Waals surface area contributed by atoms with Crippen LogP contribution in [0, 0.1) is 13.7 Å². The molecular weight excluding hydrogens is 299 g/mol. The van der Waals surface area contributed by atoms with Gasteiger partial charge >= 0.3 is 0 Å². The second kappa shape index (κ2) is 4.56. The Bertz CT molecular complexity index is 368. The lowest BCUT2D eigenvalue weighted by atomic mass is 10.2. The van der Waals surface area contributed by atoms with Gasteiger partial charge in [0.2, 0.25) is 0 Å². The van der Waals surface area contributed by atoms with Gasteiger partial charge in [0, 0.05) is 24.2 Å². The van der Waals surface area contributed by atoms with E-state index in [0.29, 0.717) is 14.9 Å². The third kappa shape index (κ3) is 2.13. The zero-order chi connectivity index (χ0) is 10.7. The molecule has 0 heterocycles. The Labute approximate surface area is 94.5 Å². The van der Waals surface area contributed by atoms with Crippen molar-refractivity contribution in [3.63, 3.8) is 0 Å². The van der Waals surface area contributed by atoms with E-state index in [-0.39, 0.29) is 12.2 Å². The maximum atomic E-state index is 10.6. The van der Waals surface area contributed by atoms with Crippen LogP contribution in [-0.2, 0) is 6.54 Å². The number of nitro benzene ring substituents is 1. The zero-order valence-corrected chi connectivity index (χ0v) is 9.65. The summed E-state index contributed by atoms with van der Waals surface area (Å²) in [6.07, 6.45) is 0.